The monoisotopic (exact) mass is 596 g/mol. The van der Waals surface area contributed by atoms with Gasteiger partial charge in [0.1, 0.15) is 24.0 Å². The van der Waals surface area contributed by atoms with Gasteiger partial charge in [-0.1, -0.05) is 11.6 Å². The molecule has 1 amide bonds. The van der Waals surface area contributed by atoms with Gasteiger partial charge in [0.15, 0.2) is 0 Å². The Morgan fingerprint density at radius 3 is 2.51 bits per heavy atom. The van der Waals surface area contributed by atoms with Crippen LogP contribution >= 0.6 is 11.6 Å². The van der Waals surface area contributed by atoms with Gasteiger partial charge in [0.25, 0.3) is 5.69 Å². The summed E-state index contributed by atoms with van der Waals surface area (Å²) in [6.07, 6.45) is -1.41. The molecule has 9 nitrogen and oxygen atoms in total. The Morgan fingerprint density at radius 1 is 1.10 bits per heavy atom. The molecule has 13 heteroatoms. The first-order valence-corrected chi connectivity index (χ1v) is 14.1. The summed E-state index contributed by atoms with van der Waals surface area (Å²) in [5.41, 5.74) is -0.923. The molecule has 41 heavy (non-hydrogen) atoms. The molecule has 2 fully saturated rings. The summed E-state index contributed by atoms with van der Waals surface area (Å²) in [6, 6.07) is 8.55. The van der Waals surface area contributed by atoms with Crippen molar-refractivity contribution in [2.75, 3.05) is 44.6 Å². The predicted octanol–water partition coefficient (Wildman–Crippen LogP) is 5.15. The number of halogens is 4. The molecule has 222 valence electrons. The molecule has 3 aliphatic rings. The number of anilines is 1. The average molecular weight is 597 g/mol. The van der Waals surface area contributed by atoms with Gasteiger partial charge in [-0.25, -0.2) is 0 Å². The summed E-state index contributed by atoms with van der Waals surface area (Å²) in [7, 11) is 0. The highest BCUT2D eigenvalue weighted by Gasteiger charge is 2.38. The van der Waals surface area contributed by atoms with Crippen molar-refractivity contribution in [3.63, 3.8) is 0 Å². The molecule has 1 saturated carbocycles. The van der Waals surface area contributed by atoms with Crippen molar-refractivity contribution < 1.29 is 32.4 Å². The van der Waals surface area contributed by atoms with Gasteiger partial charge in [-0.3, -0.25) is 19.8 Å². The number of amides is 1. The summed E-state index contributed by atoms with van der Waals surface area (Å²) < 4.78 is 51.8. The van der Waals surface area contributed by atoms with Crippen LogP contribution in [0.1, 0.15) is 36.8 Å². The van der Waals surface area contributed by atoms with Crippen molar-refractivity contribution in [3.05, 3.63) is 62.7 Å². The predicted molar refractivity (Wildman–Crippen MR) is 146 cm³/mol. The number of rotatable bonds is 8. The molecule has 2 aromatic carbocycles. The molecule has 1 saturated heterocycles. The minimum Gasteiger partial charge on any atom is -0.488 e. The highest BCUT2D eigenvalue weighted by Crippen LogP contribution is 2.38. The van der Waals surface area contributed by atoms with Crippen molar-refractivity contribution in [2.24, 2.45) is 0 Å². The normalized spacial score (nSPS) is 23.1. The van der Waals surface area contributed by atoms with Gasteiger partial charge in [0.2, 0.25) is 5.91 Å². The number of nitro groups is 1. The number of nitro benzene ring substituents is 1. The van der Waals surface area contributed by atoms with Gasteiger partial charge >= 0.3 is 6.18 Å². The Morgan fingerprint density at radius 2 is 1.83 bits per heavy atom. The van der Waals surface area contributed by atoms with Gasteiger partial charge < -0.3 is 19.7 Å². The highest BCUT2D eigenvalue weighted by molar-refractivity contribution is 6.30. The molecule has 2 aromatic rings. The molecule has 2 heterocycles. The van der Waals surface area contributed by atoms with E-state index < -0.39 is 22.4 Å². The molecule has 2 aliphatic heterocycles. The van der Waals surface area contributed by atoms with E-state index in [4.69, 9.17) is 21.1 Å². The summed E-state index contributed by atoms with van der Waals surface area (Å²) in [4.78, 5) is 26.8. The second kappa shape index (κ2) is 12.4. The number of ether oxygens (including phenoxy) is 2. The van der Waals surface area contributed by atoms with Crippen LogP contribution in [0, 0.1) is 10.1 Å². The molecular weight excluding hydrogens is 565 g/mol. The zero-order valence-corrected chi connectivity index (χ0v) is 23.1. The van der Waals surface area contributed by atoms with Gasteiger partial charge in [0, 0.05) is 62.0 Å². The van der Waals surface area contributed by atoms with Crippen LogP contribution in [0.2, 0.25) is 5.02 Å². The van der Waals surface area contributed by atoms with E-state index in [1.54, 1.807) is 0 Å². The number of hydrogen-bond acceptors (Lipinski definition) is 7. The second-order valence-corrected chi connectivity index (χ2v) is 11.2. The van der Waals surface area contributed by atoms with E-state index in [1.165, 1.54) is 6.07 Å². The molecular formula is C28H32ClF3N4O5. The van der Waals surface area contributed by atoms with Crippen LogP contribution in [0.4, 0.5) is 24.5 Å². The maximum Gasteiger partial charge on any atom is 0.423 e. The van der Waals surface area contributed by atoms with Crippen molar-refractivity contribution in [3.8, 4) is 5.75 Å². The molecule has 1 unspecified atom stereocenters. The summed E-state index contributed by atoms with van der Waals surface area (Å²) in [6.45, 7) is 3.57. The molecule has 0 radical (unpaired) electrons. The van der Waals surface area contributed by atoms with Crippen LogP contribution < -0.4 is 10.1 Å². The summed E-state index contributed by atoms with van der Waals surface area (Å²) in [5, 5.41) is 14.7. The van der Waals surface area contributed by atoms with Gasteiger partial charge in [-0.2, -0.15) is 13.2 Å². The van der Waals surface area contributed by atoms with E-state index in [1.807, 2.05) is 23.1 Å². The second-order valence-electron chi connectivity index (χ2n) is 10.8. The topological polar surface area (TPSA) is 97.2 Å². The van der Waals surface area contributed by atoms with Crippen LogP contribution in [0.3, 0.4) is 0 Å². The molecule has 0 bridgehead atoms. The minimum atomic E-state index is -4.82. The summed E-state index contributed by atoms with van der Waals surface area (Å²) in [5.74, 6) is 0.840. The fourth-order valence-electron chi connectivity index (χ4n) is 5.76. The first kappa shape index (κ1) is 29.4. The quantitative estimate of drug-likeness (QED) is 0.332. The third kappa shape index (κ3) is 7.41. The Kier molecular flexibility index (Phi) is 8.91. The lowest BCUT2D eigenvalue weighted by atomic mass is 9.92. The first-order chi connectivity index (χ1) is 19.5. The SMILES string of the molecule is O=C(CO[C@H]1CC[C@H](Nc2ccc([N+](=O)[O-])c(C(F)(F)F)c2)CC1)N1CCN(CC2Cc3cc(Cl)ccc3O2)CC1. The van der Waals surface area contributed by atoms with E-state index in [-0.39, 0.29) is 36.5 Å². The zero-order valence-electron chi connectivity index (χ0n) is 22.4. The number of hydrogen-bond donors (Lipinski definition) is 1. The van der Waals surface area contributed by atoms with Crippen molar-refractivity contribution in [1.82, 2.24) is 9.80 Å². The zero-order chi connectivity index (χ0) is 29.1. The Labute approximate surface area is 240 Å². The van der Waals surface area contributed by atoms with E-state index >= 15 is 0 Å². The van der Waals surface area contributed by atoms with E-state index in [2.05, 4.69) is 10.2 Å². The molecule has 0 aromatic heterocycles. The lowest BCUT2D eigenvalue weighted by molar-refractivity contribution is -0.388. The van der Waals surface area contributed by atoms with Gasteiger partial charge in [-0.05, 0) is 61.6 Å². The number of alkyl halides is 3. The molecule has 0 spiro atoms. The number of carbonyl (C=O) groups is 1. The third-order valence-corrected chi connectivity index (χ3v) is 8.17. The van der Waals surface area contributed by atoms with Crippen molar-refractivity contribution >= 4 is 28.9 Å². The highest BCUT2D eigenvalue weighted by atomic mass is 35.5. The van der Waals surface area contributed by atoms with Crippen LogP contribution in [-0.4, -0.2) is 78.2 Å². The molecule has 1 N–H and O–H groups in total. The average Bonchev–Trinajstić information content (AvgIpc) is 3.33. The lowest BCUT2D eigenvalue weighted by Crippen LogP contribution is -2.51. The maximum atomic E-state index is 13.3. The molecule has 5 rings (SSSR count). The van der Waals surface area contributed by atoms with E-state index in [9.17, 15) is 28.1 Å². The standard InChI is InChI=1S/C28H32ClF3N4O5/c29-19-1-8-26-18(13-19)14-23(41-26)16-34-9-11-35(12-10-34)27(37)17-40-22-5-2-20(3-6-22)33-21-4-7-25(36(38)39)24(15-21)28(30,31)32/h1,4,7-8,13,15,20,22-23,33H,2-3,5-6,9-12,14,16-17H2/t20-,22-,23?. The number of fused-ring (bicyclic) bond motifs is 1. The van der Waals surface area contributed by atoms with Crippen LogP contribution in [0.5, 0.6) is 5.75 Å². The van der Waals surface area contributed by atoms with Gasteiger partial charge in [0.05, 0.1) is 11.0 Å². The van der Waals surface area contributed by atoms with Crippen LogP contribution in [-0.2, 0) is 22.1 Å². The minimum absolute atomic E-state index is 0.00185. The summed E-state index contributed by atoms with van der Waals surface area (Å²) >= 11 is 6.08. The Balaban J connectivity index is 1.00. The smallest absolute Gasteiger partial charge is 0.423 e. The van der Waals surface area contributed by atoms with E-state index in [0.717, 1.165) is 49.5 Å². The van der Waals surface area contributed by atoms with Crippen molar-refractivity contribution in [1.29, 1.82) is 0 Å². The largest absolute Gasteiger partial charge is 0.488 e. The molecule has 1 atom stereocenters. The number of nitrogens with one attached hydrogen (secondary N) is 1. The number of piperazine rings is 1. The fraction of sp³-hybridized carbons (Fsp3) is 0.536. The Hall–Kier alpha value is -3.09. The lowest BCUT2D eigenvalue weighted by Gasteiger charge is -2.36. The van der Waals surface area contributed by atoms with Crippen LogP contribution in [0.25, 0.3) is 0 Å². The van der Waals surface area contributed by atoms with E-state index in [0.29, 0.717) is 43.8 Å². The first-order valence-electron chi connectivity index (χ1n) is 13.7. The third-order valence-electron chi connectivity index (χ3n) is 7.94. The molecule has 1 aliphatic carbocycles. The van der Waals surface area contributed by atoms with Crippen molar-refractivity contribution in [2.45, 2.75) is 56.5 Å². The van der Waals surface area contributed by atoms with Crippen LogP contribution in [0.15, 0.2) is 36.4 Å². The Bertz CT molecular complexity index is 1260. The number of nitrogens with zero attached hydrogens (tertiary/aromatic N) is 3. The number of benzene rings is 2. The maximum absolute atomic E-state index is 13.3. The number of carbonyl (C=O) groups excluding carboxylic acids is 1. The van der Waals surface area contributed by atoms with Gasteiger partial charge in [-0.15, -0.1) is 0 Å². The fourth-order valence-corrected chi connectivity index (χ4v) is 5.96.